The maximum absolute atomic E-state index is 12.3. The van der Waals surface area contributed by atoms with Crippen LogP contribution in [0.25, 0.3) is 10.9 Å². The van der Waals surface area contributed by atoms with E-state index in [4.69, 9.17) is 4.74 Å². The second kappa shape index (κ2) is 7.31. The third-order valence-corrected chi connectivity index (χ3v) is 4.59. The maximum atomic E-state index is 12.3. The summed E-state index contributed by atoms with van der Waals surface area (Å²) in [6, 6.07) is 10.7. The molecule has 2 aromatic heterocycles. The van der Waals surface area contributed by atoms with Crippen molar-refractivity contribution in [3.8, 4) is 0 Å². The number of rotatable bonds is 6. The number of hydrogen-bond acceptors (Lipinski definition) is 4. The minimum absolute atomic E-state index is 0.261. The molecule has 6 heteroatoms. The first-order chi connectivity index (χ1) is 11.7. The van der Waals surface area contributed by atoms with Crippen molar-refractivity contribution < 1.29 is 14.3 Å². The van der Waals surface area contributed by atoms with Crippen molar-refractivity contribution in [3.63, 3.8) is 0 Å². The number of benzene rings is 1. The van der Waals surface area contributed by atoms with E-state index in [1.807, 2.05) is 35.8 Å². The first-order valence-corrected chi connectivity index (χ1v) is 8.63. The number of aromatic amines is 1. The fourth-order valence-corrected chi connectivity index (χ4v) is 3.22. The number of carbonyl (C=O) groups is 2. The molecular formula is C18H18N2O3S. The highest BCUT2D eigenvalue weighted by Crippen LogP contribution is 2.20. The Labute approximate surface area is 143 Å². The molecule has 124 valence electrons. The van der Waals surface area contributed by atoms with Gasteiger partial charge in [-0.1, -0.05) is 24.3 Å². The highest BCUT2D eigenvalue weighted by Gasteiger charge is 2.24. The number of para-hydroxylation sites is 1. The molecule has 0 saturated heterocycles. The second-order valence-electron chi connectivity index (χ2n) is 5.32. The molecule has 0 aliphatic carbocycles. The van der Waals surface area contributed by atoms with Gasteiger partial charge in [0.2, 0.25) is 0 Å². The summed E-state index contributed by atoms with van der Waals surface area (Å²) in [7, 11) is 0. The number of ether oxygens (including phenoxy) is 1. The van der Waals surface area contributed by atoms with Crippen LogP contribution in [0, 0.1) is 0 Å². The summed E-state index contributed by atoms with van der Waals surface area (Å²) >= 11 is 1.34. The van der Waals surface area contributed by atoms with Gasteiger partial charge < -0.3 is 15.0 Å². The Morgan fingerprint density at radius 3 is 2.83 bits per heavy atom. The van der Waals surface area contributed by atoms with E-state index in [1.165, 1.54) is 11.3 Å². The van der Waals surface area contributed by atoms with Gasteiger partial charge in [0.15, 0.2) is 0 Å². The molecule has 1 amide bonds. The molecule has 2 heterocycles. The summed E-state index contributed by atoms with van der Waals surface area (Å²) in [6.45, 7) is 2.03. The van der Waals surface area contributed by atoms with E-state index in [2.05, 4.69) is 10.3 Å². The van der Waals surface area contributed by atoms with Gasteiger partial charge in [-0.2, -0.15) is 0 Å². The number of fused-ring (bicyclic) bond motifs is 1. The second-order valence-corrected chi connectivity index (χ2v) is 6.27. The lowest BCUT2D eigenvalue weighted by molar-refractivity contribution is -0.145. The molecule has 2 N–H and O–H groups in total. The molecule has 0 spiro atoms. The fraction of sp³-hybridized carbons (Fsp3) is 0.222. The summed E-state index contributed by atoms with van der Waals surface area (Å²) in [5, 5.41) is 5.66. The molecule has 0 aliphatic heterocycles. The molecule has 3 aromatic rings. The van der Waals surface area contributed by atoms with Crippen molar-refractivity contribution in [3.05, 3.63) is 58.4 Å². The summed E-state index contributed by atoms with van der Waals surface area (Å²) in [5.74, 6) is -0.685. The molecule has 0 bridgehead atoms. The lowest BCUT2D eigenvalue weighted by Crippen LogP contribution is -2.43. The van der Waals surface area contributed by atoms with Crippen molar-refractivity contribution in [2.75, 3.05) is 6.61 Å². The van der Waals surface area contributed by atoms with Gasteiger partial charge in [-0.3, -0.25) is 4.79 Å². The van der Waals surface area contributed by atoms with Crippen LogP contribution in [0.5, 0.6) is 0 Å². The molecule has 24 heavy (non-hydrogen) atoms. The molecule has 0 aliphatic rings. The first kappa shape index (κ1) is 16.3. The lowest BCUT2D eigenvalue weighted by atomic mass is 10.0. The molecule has 0 radical (unpaired) electrons. The minimum Gasteiger partial charge on any atom is -0.464 e. The van der Waals surface area contributed by atoms with Crippen molar-refractivity contribution in [1.82, 2.24) is 10.3 Å². The minimum atomic E-state index is -0.723. The van der Waals surface area contributed by atoms with Crippen LogP contribution in [0.4, 0.5) is 0 Å². The van der Waals surface area contributed by atoms with Crippen LogP contribution in [0.3, 0.4) is 0 Å². The van der Waals surface area contributed by atoms with Crippen LogP contribution in [0.15, 0.2) is 48.0 Å². The Hall–Kier alpha value is -2.60. The van der Waals surface area contributed by atoms with Gasteiger partial charge in [0.1, 0.15) is 6.04 Å². The van der Waals surface area contributed by atoms with Gasteiger partial charge in [0.25, 0.3) is 5.91 Å². The van der Waals surface area contributed by atoms with E-state index >= 15 is 0 Å². The number of amides is 1. The smallest absolute Gasteiger partial charge is 0.328 e. The molecule has 1 atom stereocenters. The molecule has 0 fully saturated rings. The van der Waals surface area contributed by atoms with Crippen LogP contribution in [-0.4, -0.2) is 29.5 Å². The normalized spacial score (nSPS) is 12.0. The third-order valence-electron chi connectivity index (χ3n) is 3.72. The SMILES string of the molecule is CCOC(=O)C(Cc1c[nH]c2ccccc12)NC(=O)c1cccs1. The Morgan fingerprint density at radius 2 is 2.08 bits per heavy atom. The Balaban J connectivity index is 1.82. The average Bonchev–Trinajstić information content (AvgIpc) is 3.24. The number of thiophene rings is 1. The van der Waals surface area contributed by atoms with Gasteiger partial charge in [-0.25, -0.2) is 4.79 Å². The zero-order valence-electron chi connectivity index (χ0n) is 13.2. The summed E-state index contributed by atoms with van der Waals surface area (Å²) in [6.07, 6.45) is 2.24. The lowest BCUT2D eigenvalue weighted by Gasteiger charge is -2.16. The van der Waals surface area contributed by atoms with Crippen molar-refractivity contribution in [2.24, 2.45) is 0 Å². The first-order valence-electron chi connectivity index (χ1n) is 7.75. The van der Waals surface area contributed by atoms with E-state index in [0.29, 0.717) is 11.3 Å². The van der Waals surface area contributed by atoms with Gasteiger partial charge >= 0.3 is 5.97 Å². The predicted octanol–water partition coefficient (Wildman–Crippen LogP) is 3.13. The quantitative estimate of drug-likeness (QED) is 0.676. The van der Waals surface area contributed by atoms with Crippen LogP contribution < -0.4 is 5.32 Å². The predicted molar refractivity (Wildman–Crippen MR) is 94.2 cm³/mol. The number of carbonyl (C=O) groups excluding carboxylic acids is 2. The van der Waals surface area contributed by atoms with E-state index in [-0.39, 0.29) is 12.5 Å². The monoisotopic (exact) mass is 342 g/mol. The average molecular weight is 342 g/mol. The van der Waals surface area contributed by atoms with E-state index in [0.717, 1.165) is 16.5 Å². The zero-order valence-corrected chi connectivity index (χ0v) is 14.1. The van der Waals surface area contributed by atoms with Crippen LogP contribution >= 0.6 is 11.3 Å². The van der Waals surface area contributed by atoms with Gasteiger partial charge in [0.05, 0.1) is 11.5 Å². The van der Waals surface area contributed by atoms with Crippen LogP contribution in [-0.2, 0) is 16.0 Å². The highest BCUT2D eigenvalue weighted by molar-refractivity contribution is 7.12. The standard InChI is InChI=1S/C18H18N2O3S/c1-2-23-18(22)15(20-17(21)16-8-5-9-24-16)10-12-11-19-14-7-4-3-6-13(12)14/h3-9,11,15,19H,2,10H2,1H3,(H,20,21). The number of nitrogens with one attached hydrogen (secondary N) is 2. The van der Waals surface area contributed by atoms with Crippen LogP contribution in [0.2, 0.25) is 0 Å². The van der Waals surface area contributed by atoms with Crippen molar-refractivity contribution in [2.45, 2.75) is 19.4 Å². The molecule has 0 saturated carbocycles. The molecule has 5 nitrogen and oxygen atoms in total. The molecule has 1 unspecified atom stereocenters. The molecular weight excluding hydrogens is 324 g/mol. The van der Waals surface area contributed by atoms with Gasteiger partial charge in [-0.05, 0) is 30.0 Å². The summed E-state index contributed by atoms with van der Waals surface area (Å²) in [5.41, 5.74) is 1.97. The highest BCUT2D eigenvalue weighted by atomic mass is 32.1. The zero-order chi connectivity index (χ0) is 16.9. The van der Waals surface area contributed by atoms with Gasteiger partial charge in [-0.15, -0.1) is 11.3 Å². The van der Waals surface area contributed by atoms with Crippen LogP contribution in [0.1, 0.15) is 22.2 Å². The van der Waals surface area contributed by atoms with E-state index in [9.17, 15) is 9.59 Å². The summed E-state index contributed by atoms with van der Waals surface area (Å²) < 4.78 is 5.12. The third kappa shape index (κ3) is 3.49. The number of H-pyrrole nitrogens is 1. The number of esters is 1. The molecule has 3 rings (SSSR count). The summed E-state index contributed by atoms with van der Waals surface area (Å²) in [4.78, 5) is 28.3. The van der Waals surface area contributed by atoms with E-state index < -0.39 is 12.0 Å². The number of aromatic nitrogens is 1. The topological polar surface area (TPSA) is 71.2 Å². The number of hydrogen-bond donors (Lipinski definition) is 2. The largest absolute Gasteiger partial charge is 0.464 e. The Kier molecular flexibility index (Phi) is 4.96. The van der Waals surface area contributed by atoms with Crippen molar-refractivity contribution in [1.29, 1.82) is 0 Å². The Bertz CT molecular complexity index is 839. The molecule has 1 aromatic carbocycles. The maximum Gasteiger partial charge on any atom is 0.328 e. The Morgan fingerprint density at radius 1 is 1.25 bits per heavy atom. The van der Waals surface area contributed by atoms with E-state index in [1.54, 1.807) is 19.1 Å². The fourth-order valence-electron chi connectivity index (χ4n) is 2.59. The van der Waals surface area contributed by atoms with Crippen molar-refractivity contribution >= 4 is 34.1 Å². The van der Waals surface area contributed by atoms with Gasteiger partial charge in [0, 0.05) is 23.5 Å².